The molecule has 5 N–H and O–H groups in total. The van der Waals surface area contributed by atoms with Gasteiger partial charge < -0.3 is 26.4 Å². The minimum absolute atomic E-state index is 0.0800. The molecule has 3 amide bonds. The topological polar surface area (TPSA) is 123 Å². The number of fused-ring (bicyclic) bond motifs is 3. The first-order chi connectivity index (χ1) is 22.2. The molecule has 2 bridgehead atoms. The molecule has 9 heteroatoms. The van der Waals surface area contributed by atoms with Crippen molar-refractivity contribution in [3.05, 3.63) is 101 Å². The van der Waals surface area contributed by atoms with Crippen LogP contribution in [0.4, 0.5) is 0 Å². The number of hydrogen-bond donors (Lipinski definition) is 4. The first-order valence-electron chi connectivity index (χ1n) is 16.3. The molecule has 46 heavy (non-hydrogen) atoms. The normalized spacial score (nSPS) is 21.5. The summed E-state index contributed by atoms with van der Waals surface area (Å²) in [6.07, 6.45) is 7.02. The van der Waals surface area contributed by atoms with Gasteiger partial charge in [-0.2, -0.15) is 0 Å². The molecule has 8 nitrogen and oxygen atoms in total. The van der Waals surface area contributed by atoms with Gasteiger partial charge in [0.2, 0.25) is 11.8 Å². The van der Waals surface area contributed by atoms with E-state index in [1.165, 1.54) is 0 Å². The number of carbonyl (C=O) groups excluding carboxylic acids is 3. The second kappa shape index (κ2) is 15.1. The predicted octanol–water partition coefficient (Wildman–Crippen LogP) is 5.22. The van der Waals surface area contributed by atoms with Gasteiger partial charge in [0, 0.05) is 30.0 Å². The number of nitrogens with one attached hydrogen (secondary N) is 3. The van der Waals surface area contributed by atoms with Crippen LogP contribution in [0.2, 0.25) is 5.02 Å². The summed E-state index contributed by atoms with van der Waals surface area (Å²) in [7, 11) is 0. The van der Waals surface area contributed by atoms with Gasteiger partial charge in [0.15, 0.2) is 0 Å². The fraction of sp³-hybridized carbons (Fsp3) is 0.432. The largest absolute Gasteiger partial charge is 0.494 e. The smallest absolute Gasteiger partial charge is 0.251 e. The zero-order chi connectivity index (χ0) is 32.6. The number of nitrogens with two attached hydrogens (primary N) is 1. The van der Waals surface area contributed by atoms with E-state index in [0.717, 1.165) is 61.9 Å². The van der Waals surface area contributed by atoms with Crippen LogP contribution in [0, 0.1) is 10.8 Å². The van der Waals surface area contributed by atoms with Crippen molar-refractivity contribution in [1.82, 2.24) is 16.0 Å². The van der Waals surface area contributed by atoms with Crippen LogP contribution in [0.5, 0.6) is 5.75 Å². The number of amides is 3. The first-order valence-corrected chi connectivity index (χ1v) is 16.7. The Morgan fingerprint density at radius 2 is 1.33 bits per heavy atom. The van der Waals surface area contributed by atoms with Gasteiger partial charge in [0.05, 0.1) is 6.61 Å². The molecule has 0 radical (unpaired) electrons. The van der Waals surface area contributed by atoms with Gasteiger partial charge in [-0.25, -0.2) is 0 Å². The quantitative estimate of drug-likeness (QED) is 0.192. The summed E-state index contributed by atoms with van der Waals surface area (Å²) in [5, 5.41) is 9.61. The maximum atomic E-state index is 14.0. The summed E-state index contributed by atoms with van der Waals surface area (Å²) in [5.41, 5.74) is 8.61. The Morgan fingerprint density at radius 3 is 1.91 bits per heavy atom. The van der Waals surface area contributed by atoms with Crippen molar-refractivity contribution in [1.29, 1.82) is 0 Å². The molecule has 2 atom stereocenters. The summed E-state index contributed by atoms with van der Waals surface area (Å²) in [5.74, 6) is -0.347. The monoisotopic (exact) mass is 644 g/mol. The lowest BCUT2D eigenvalue weighted by Crippen LogP contribution is -2.56. The maximum Gasteiger partial charge on any atom is 0.251 e. The van der Waals surface area contributed by atoms with E-state index < -0.39 is 23.9 Å². The Hall–Kier alpha value is -3.88. The third-order valence-electron chi connectivity index (χ3n) is 9.95. The van der Waals surface area contributed by atoms with Crippen molar-refractivity contribution in [3.8, 4) is 5.75 Å². The molecular weight excluding hydrogens is 600 g/mol. The molecule has 244 valence electrons. The van der Waals surface area contributed by atoms with Crippen molar-refractivity contribution in [2.45, 2.75) is 70.4 Å². The highest BCUT2D eigenvalue weighted by atomic mass is 35.5. The van der Waals surface area contributed by atoms with Crippen LogP contribution in [0.1, 0.15) is 66.9 Å². The second-order valence-electron chi connectivity index (χ2n) is 13.0. The summed E-state index contributed by atoms with van der Waals surface area (Å²) in [4.78, 5) is 41.1. The number of carbonyl (C=O) groups is 3. The lowest BCUT2D eigenvalue weighted by atomic mass is 9.54. The van der Waals surface area contributed by atoms with E-state index in [4.69, 9.17) is 22.1 Å². The highest BCUT2D eigenvalue weighted by Crippen LogP contribution is 2.56. The Balaban J connectivity index is 1.32. The highest BCUT2D eigenvalue weighted by molar-refractivity contribution is 6.30. The third-order valence-corrected chi connectivity index (χ3v) is 10.2. The summed E-state index contributed by atoms with van der Waals surface area (Å²) in [6.45, 7) is 3.77. The standard InChI is InChI=1S/C37H45ClN4O4/c1-2-46-30-14-8-27(9-15-30)23-32(41-33(43)28-10-12-29(38)13-11-28)35(45)42-31(22-26-6-4-3-5-7-26)34(44)40-25-37-19-16-36(24-39,17-20-37)18-21-37/h3-15,31-32H,2,16-25,39H2,1H3,(H,40,44)(H,41,43)(H,42,45). The number of hydrogen-bond acceptors (Lipinski definition) is 5. The summed E-state index contributed by atoms with van der Waals surface area (Å²) in [6, 6.07) is 21.8. The van der Waals surface area contributed by atoms with Crippen LogP contribution in [0.25, 0.3) is 0 Å². The van der Waals surface area contributed by atoms with Crippen molar-refractivity contribution in [2.24, 2.45) is 16.6 Å². The van der Waals surface area contributed by atoms with Gasteiger partial charge in [-0.15, -0.1) is 0 Å². The zero-order valence-corrected chi connectivity index (χ0v) is 27.3. The third kappa shape index (κ3) is 8.47. The lowest BCUT2D eigenvalue weighted by Gasteiger charge is -2.53. The second-order valence-corrected chi connectivity index (χ2v) is 13.4. The number of rotatable bonds is 14. The molecule has 0 spiro atoms. The molecular formula is C37H45ClN4O4. The molecule has 3 aromatic carbocycles. The van der Waals surface area contributed by atoms with E-state index in [-0.39, 0.29) is 23.2 Å². The van der Waals surface area contributed by atoms with Gasteiger partial charge in [-0.05, 0) is 110 Å². The fourth-order valence-corrected chi connectivity index (χ4v) is 6.94. The molecule has 3 fully saturated rings. The van der Waals surface area contributed by atoms with E-state index >= 15 is 0 Å². The van der Waals surface area contributed by atoms with Crippen LogP contribution in [0.15, 0.2) is 78.9 Å². The van der Waals surface area contributed by atoms with Crippen LogP contribution in [-0.2, 0) is 22.4 Å². The Labute approximate surface area is 276 Å². The van der Waals surface area contributed by atoms with E-state index in [1.54, 1.807) is 24.3 Å². The van der Waals surface area contributed by atoms with Gasteiger partial charge in [0.25, 0.3) is 5.91 Å². The van der Waals surface area contributed by atoms with Gasteiger partial charge >= 0.3 is 0 Å². The average molecular weight is 645 g/mol. The predicted molar refractivity (Wildman–Crippen MR) is 181 cm³/mol. The zero-order valence-electron chi connectivity index (χ0n) is 26.5. The SMILES string of the molecule is CCOc1ccc(CC(NC(=O)c2ccc(Cl)cc2)C(=O)NC(Cc2ccccc2)C(=O)NCC23CCC(CN)(CC2)CC3)cc1. The fourth-order valence-electron chi connectivity index (χ4n) is 6.82. The molecule has 6 rings (SSSR count). The molecule has 3 aliphatic carbocycles. The van der Waals surface area contributed by atoms with E-state index in [1.807, 2.05) is 61.5 Å². The molecule has 3 saturated carbocycles. The van der Waals surface area contributed by atoms with Gasteiger partial charge in [0.1, 0.15) is 17.8 Å². The first kappa shape index (κ1) is 33.5. The van der Waals surface area contributed by atoms with Crippen LogP contribution < -0.4 is 26.4 Å². The van der Waals surface area contributed by atoms with Crippen LogP contribution in [-0.4, -0.2) is 49.5 Å². The highest BCUT2D eigenvalue weighted by Gasteiger charge is 2.48. The Kier molecular flexibility index (Phi) is 11.0. The lowest BCUT2D eigenvalue weighted by molar-refractivity contribution is -0.130. The summed E-state index contributed by atoms with van der Waals surface area (Å²) >= 11 is 6.03. The van der Waals surface area contributed by atoms with E-state index in [9.17, 15) is 14.4 Å². The van der Waals surface area contributed by atoms with Gasteiger partial charge in [-0.3, -0.25) is 14.4 Å². The Bertz CT molecular complexity index is 1450. The molecule has 0 heterocycles. The van der Waals surface area contributed by atoms with Crippen molar-refractivity contribution < 1.29 is 19.1 Å². The van der Waals surface area contributed by atoms with Crippen LogP contribution >= 0.6 is 11.6 Å². The number of benzene rings is 3. The molecule has 0 saturated heterocycles. The summed E-state index contributed by atoms with van der Waals surface area (Å²) < 4.78 is 5.57. The maximum absolute atomic E-state index is 14.0. The van der Waals surface area contributed by atoms with Gasteiger partial charge in [-0.1, -0.05) is 54.1 Å². The minimum Gasteiger partial charge on any atom is -0.494 e. The molecule has 2 unspecified atom stereocenters. The molecule has 0 aromatic heterocycles. The van der Waals surface area contributed by atoms with E-state index in [2.05, 4.69) is 16.0 Å². The number of ether oxygens (including phenoxy) is 1. The minimum atomic E-state index is -0.938. The van der Waals surface area contributed by atoms with Crippen molar-refractivity contribution >= 4 is 29.3 Å². The molecule has 3 aliphatic rings. The van der Waals surface area contributed by atoms with Crippen LogP contribution in [0.3, 0.4) is 0 Å². The van der Waals surface area contributed by atoms with Crippen molar-refractivity contribution in [2.75, 3.05) is 19.7 Å². The Morgan fingerprint density at radius 1 is 0.761 bits per heavy atom. The van der Waals surface area contributed by atoms with E-state index in [0.29, 0.717) is 30.2 Å². The average Bonchev–Trinajstić information content (AvgIpc) is 3.09. The van der Waals surface area contributed by atoms with Crippen molar-refractivity contribution in [3.63, 3.8) is 0 Å². The molecule has 3 aromatic rings. The number of halogens is 1. The molecule has 0 aliphatic heterocycles.